The lowest BCUT2D eigenvalue weighted by Crippen LogP contribution is -2.25. The van der Waals surface area contributed by atoms with Gasteiger partial charge in [-0.1, -0.05) is 28.1 Å². The van der Waals surface area contributed by atoms with Gasteiger partial charge in [-0.05, 0) is 49.2 Å². The summed E-state index contributed by atoms with van der Waals surface area (Å²) < 4.78 is 6.23. The molecule has 0 bridgehead atoms. The number of hydrogen-bond donors (Lipinski definition) is 1. The van der Waals surface area contributed by atoms with Crippen LogP contribution in [0.3, 0.4) is 0 Å². The van der Waals surface area contributed by atoms with Gasteiger partial charge in [-0.3, -0.25) is 4.79 Å². The Hall–Kier alpha value is -2.40. The smallest absolute Gasteiger partial charge is 0.252 e. The zero-order valence-corrected chi connectivity index (χ0v) is 15.3. The Labute approximate surface area is 154 Å². The Balaban J connectivity index is 1.87. The molecular weight excluding hydrogens is 380 g/mol. The SMILES string of the molecule is COc1cccc(-c2cc(C(=O)NC3CC3)c3cc(Br)ccc3n2)c1. The van der Waals surface area contributed by atoms with E-state index in [4.69, 9.17) is 9.72 Å². The van der Waals surface area contributed by atoms with Gasteiger partial charge in [0.1, 0.15) is 5.75 Å². The molecule has 1 amide bonds. The fourth-order valence-corrected chi connectivity index (χ4v) is 3.17. The van der Waals surface area contributed by atoms with Crippen molar-refractivity contribution >= 4 is 32.7 Å². The molecule has 0 radical (unpaired) electrons. The van der Waals surface area contributed by atoms with Gasteiger partial charge >= 0.3 is 0 Å². The number of hydrogen-bond acceptors (Lipinski definition) is 3. The predicted molar refractivity (Wildman–Crippen MR) is 102 cm³/mol. The molecule has 0 unspecified atom stereocenters. The van der Waals surface area contributed by atoms with Crippen LogP contribution in [0.1, 0.15) is 23.2 Å². The first-order chi connectivity index (χ1) is 12.1. The third-order valence-corrected chi connectivity index (χ3v) is 4.79. The van der Waals surface area contributed by atoms with Crippen LogP contribution < -0.4 is 10.1 Å². The molecule has 0 atom stereocenters. The van der Waals surface area contributed by atoms with Crippen molar-refractivity contribution in [2.45, 2.75) is 18.9 Å². The lowest BCUT2D eigenvalue weighted by molar-refractivity contribution is 0.0952. The predicted octanol–water partition coefficient (Wildman–Crippen LogP) is 4.57. The van der Waals surface area contributed by atoms with E-state index in [1.165, 1.54) is 0 Å². The fraction of sp³-hybridized carbons (Fsp3) is 0.200. The molecule has 1 saturated carbocycles. The molecule has 2 aromatic carbocycles. The lowest BCUT2D eigenvalue weighted by Gasteiger charge is -2.11. The number of benzene rings is 2. The number of nitrogens with zero attached hydrogens (tertiary/aromatic N) is 1. The Morgan fingerprint density at radius 2 is 2.04 bits per heavy atom. The number of carbonyl (C=O) groups is 1. The summed E-state index contributed by atoms with van der Waals surface area (Å²) >= 11 is 3.49. The van der Waals surface area contributed by atoms with E-state index in [2.05, 4.69) is 21.2 Å². The van der Waals surface area contributed by atoms with E-state index < -0.39 is 0 Å². The maximum absolute atomic E-state index is 12.7. The summed E-state index contributed by atoms with van der Waals surface area (Å²) in [6, 6.07) is 15.7. The summed E-state index contributed by atoms with van der Waals surface area (Å²) in [5.74, 6) is 0.719. The molecule has 4 nitrogen and oxygen atoms in total. The molecule has 0 saturated heterocycles. The number of halogens is 1. The van der Waals surface area contributed by atoms with Crippen LogP contribution in [0, 0.1) is 0 Å². The molecule has 1 N–H and O–H groups in total. The van der Waals surface area contributed by atoms with Gasteiger partial charge in [-0.25, -0.2) is 4.98 Å². The van der Waals surface area contributed by atoms with E-state index >= 15 is 0 Å². The van der Waals surface area contributed by atoms with Gasteiger partial charge in [0.2, 0.25) is 0 Å². The first-order valence-corrected chi connectivity index (χ1v) is 8.99. The Morgan fingerprint density at radius 1 is 1.20 bits per heavy atom. The Kier molecular flexibility index (Phi) is 4.17. The third-order valence-electron chi connectivity index (χ3n) is 4.29. The number of fused-ring (bicyclic) bond motifs is 1. The van der Waals surface area contributed by atoms with Crippen molar-refractivity contribution in [1.82, 2.24) is 10.3 Å². The average Bonchev–Trinajstić information content (AvgIpc) is 3.44. The highest BCUT2D eigenvalue weighted by Gasteiger charge is 2.25. The van der Waals surface area contributed by atoms with Crippen LogP contribution in [0.4, 0.5) is 0 Å². The van der Waals surface area contributed by atoms with Gasteiger partial charge in [0.15, 0.2) is 0 Å². The molecular formula is C20H17BrN2O2. The van der Waals surface area contributed by atoms with Crippen LogP contribution >= 0.6 is 15.9 Å². The number of nitrogens with one attached hydrogen (secondary N) is 1. The summed E-state index contributed by atoms with van der Waals surface area (Å²) in [7, 11) is 1.64. The second-order valence-corrected chi connectivity index (χ2v) is 7.11. The lowest BCUT2D eigenvalue weighted by atomic mass is 10.0. The van der Waals surface area contributed by atoms with E-state index in [1.807, 2.05) is 48.5 Å². The minimum Gasteiger partial charge on any atom is -0.497 e. The summed E-state index contributed by atoms with van der Waals surface area (Å²) in [4.78, 5) is 17.5. The van der Waals surface area contributed by atoms with Crippen molar-refractivity contribution in [3.63, 3.8) is 0 Å². The molecule has 0 aliphatic heterocycles. The van der Waals surface area contributed by atoms with Crippen LogP contribution in [-0.2, 0) is 0 Å². The maximum Gasteiger partial charge on any atom is 0.252 e. The number of methoxy groups -OCH3 is 1. The molecule has 126 valence electrons. The molecule has 0 spiro atoms. The molecule has 25 heavy (non-hydrogen) atoms. The zero-order valence-electron chi connectivity index (χ0n) is 13.8. The van der Waals surface area contributed by atoms with Gasteiger partial charge in [-0.2, -0.15) is 0 Å². The quantitative estimate of drug-likeness (QED) is 0.702. The number of ether oxygens (including phenoxy) is 1. The van der Waals surface area contributed by atoms with Crippen LogP contribution in [0.2, 0.25) is 0 Å². The normalized spacial score (nSPS) is 13.7. The molecule has 5 heteroatoms. The molecule has 1 fully saturated rings. The van der Waals surface area contributed by atoms with Crippen molar-refractivity contribution in [3.05, 3.63) is 58.6 Å². The van der Waals surface area contributed by atoms with Crippen LogP contribution in [0.15, 0.2) is 53.0 Å². The van der Waals surface area contributed by atoms with E-state index in [-0.39, 0.29) is 5.91 Å². The molecule has 1 aliphatic carbocycles. The first kappa shape index (κ1) is 16.1. The molecule has 3 aromatic rings. The minimum absolute atomic E-state index is 0.0443. The second kappa shape index (κ2) is 6.48. The Morgan fingerprint density at radius 3 is 2.80 bits per heavy atom. The van der Waals surface area contributed by atoms with Crippen molar-refractivity contribution in [3.8, 4) is 17.0 Å². The van der Waals surface area contributed by atoms with E-state index in [1.54, 1.807) is 7.11 Å². The van der Waals surface area contributed by atoms with Crippen LogP contribution in [0.5, 0.6) is 5.75 Å². The summed E-state index contributed by atoms with van der Waals surface area (Å²) in [6.45, 7) is 0. The first-order valence-electron chi connectivity index (χ1n) is 8.19. The molecule has 1 aromatic heterocycles. The number of carbonyl (C=O) groups excluding carboxylic acids is 1. The molecule has 1 aliphatic rings. The van der Waals surface area contributed by atoms with Crippen molar-refractivity contribution in [1.29, 1.82) is 0 Å². The monoisotopic (exact) mass is 396 g/mol. The van der Waals surface area contributed by atoms with Crippen molar-refractivity contribution < 1.29 is 9.53 Å². The van der Waals surface area contributed by atoms with Crippen molar-refractivity contribution in [2.75, 3.05) is 7.11 Å². The van der Waals surface area contributed by atoms with Crippen LogP contribution in [0.25, 0.3) is 22.2 Å². The van der Waals surface area contributed by atoms with E-state index in [0.29, 0.717) is 11.6 Å². The highest BCUT2D eigenvalue weighted by Crippen LogP contribution is 2.29. The number of aromatic nitrogens is 1. The average molecular weight is 397 g/mol. The third kappa shape index (κ3) is 3.37. The van der Waals surface area contributed by atoms with Gasteiger partial charge in [0.05, 0.1) is 23.9 Å². The van der Waals surface area contributed by atoms with Crippen molar-refractivity contribution in [2.24, 2.45) is 0 Å². The maximum atomic E-state index is 12.7. The van der Waals surface area contributed by atoms with E-state index in [9.17, 15) is 4.79 Å². The second-order valence-electron chi connectivity index (χ2n) is 6.20. The standard InChI is InChI=1S/C20H17BrN2O2/c1-25-15-4-2-3-12(9-15)19-11-17(20(24)22-14-6-7-14)16-10-13(21)5-8-18(16)23-19/h2-5,8-11,14H,6-7H2,1H3,(H,22,24). The minimum atomic E-state index is -0.0443. The van der Waals surface area contributed by atoms with E-state index in [0.717, 1.165) is 45.2 Å². The topological polar surface area (TPSA) is 51.2 Å². The number of rotatable bonds is 4. The molecule has 4 rings (SSSR count). The van der Waals surface area contributed by atoms with Gasteiger partial charge < -0.3 is 10.1 Å². The molecule has 1 heterocycles. The largest absolute Gasteiger partial charge is 0.497 e. The highest BCUT2D eigenvalue weighted by molar-refractivity contribution is 9.10. The van der Waals surface area contributed by atoms with Gasteiger partial charge in [0, 0.05) is 21.5 Å². The van der Waals surface area contributed by atoms with Crippen LogP contribution in [-0.4, -0.2) is 24.0 Å². The zero-order chi connectivity index (χ0) is 17.4. The summed E-state index contributed by atoms with van der Waals surface area (Å²) in [5.41, 5.74) is 3.12. The Bertz CT molecular complexity index is 967. The summed E-state index contributed by atoms with van der Waals surface area (Å²) in [5, 5.41) is 3.92. The highest BCUT2D eigenvalue weighted by atomic mass is 79.9. The number of amides is 1. The summed E-state index contributed by atoms with van der Waals surface area (Å²) in [6.07, 6.45) is 2.11. The number of pyridine rings is 1. The van der Waals surface area contributed by atoms with Gasteiger partial charge in [-0.15, -0.1) is 0 Å². The fourth-order valence-electron chi connectivity index (χ4n) is 2.81. The van der Waals surface area contributed by atoms with Gasteiger partial charge in [0.25, 0.3) is 5.91 Å².